The molecule has 1 saturated carbocycles. The third-order valence-corrected chi connectivity index (χ3v) is 6.20. The summed E-state index contributed by atoms with van der Waals surface area (Å²) < 4.78 is 0. The van der Waals surface area contributed by atoms with E-state index in [9.17, 15) is 19.6 Å². The van der Waals surface area contributed by atoms with Gasteiger partial charge >= 0.3 is 6.03 Å². The maximum Gasteiger partial charge on any atom is 0.325 e. The minimum absolute atomic E-state index is 0.0255. The average molecular weight is 411 g/mol. The van der Waals surface area contributed by atoms with Gasteiger partial charge in [-0.05, 0) is 36.3 Å². The summed E-state index contributed by atoms with van der Waals surface area (Å²) in [6.07, 6.45) is 3.97. The van der Waals surface area contributed by atoms with Crippen LogP contribution >= 0.6 is 0 Å². The highest BCUT2D eigenvalue weighted by Gasteiger charge is 2.50. The van der Waals surface area contributed by atoms with Gasteiger partial charge in [0.05, 0.1) is 6.07 Å². The number of imide groups is 1. The van der Waals surface area contributed by atoms with Crippen LogP contribution < -0.4 is 10.6 Å². The van der Waals surface area contributed by atoms with Gasteiger partial charge in [0.25, 0.3) is 5.91 Å². The van der Waals surface area contributed by atoms with Crippen molar-refractivity contribution in [3.63, 3.8) is 0 Å². The van der Waals surface area contributed by atoms with Gasteiger partial charge in [-0.15, -0.1) is 0 Å². The molecule has 1 aliphatic heterocycles. The van der Waals surface area contributed by atoms with Gasteiger partial charge in [0.1, 0.15) is 17.6 Å². The Morgan fingerprint density at radius 1 is 1.17 bits per heavy atom. The lowest BCUT2D eigenvalue weighted by atomic mass is 9.83. The molecule has 2 aliphatic rings. The highest BCUT2D eigenvalue weighted by molar-refractivity contribution is 6.09. The third-order valence-electron chi connectivity index (χ3n) is 6.20. The molecular formula is C23H30N4O3. The van der Waals surface area contributed by atoms with Crippen LogP contribution in [0.4, 0.5) is 4.79 Å². The van der Waals surface area contributed by atoms with E-state index in [2.05, 4.69) is 37.5 Å². The van der Waals surface area contributed by atoms with Gasteiger partial charge in [-0.1, -0.05) is 64.3 Å². The van der Waals surface area contributed by atoms with Crippen LogP contribution in [0, 0.1) is 11.3 Å². The van der Waals surface area contributed by atoms with E-state index < -0.39 is 35.5 Å². The smallest absolute Gasteiger partial charge is 0.325 e. The van der Waals surface area contributed by atoms with Crippen LogP contribution in [0.1, 0.15) is 70.9 Å². The molecule has 1 unspecified atom stereocenters. The van der Waals surface area contributed by atoms with Crippen molar-refractivity contribution in [1.82, 2.24) is 15.5 Å². The summed E-state index contributed by atoms with van der Waals surface area (Å²) in [6, 6.07) is 9.21. The number of hydrogen-bond donors (Lipinski definition) is 2. The summed E-state index contributed by atoms with van der Waals surface area (Å²) in [5.41, 5.74) is -0.371. The van der Waals surface area contributed by atoms with E-state index in [1.165, 1.54) is 0 Å². The number of amides is 4. The quantitative estimate of drug-likeness (QED) is 0.745. The topological polar surface area (TPSA) is 102 Å². The molecule has 1 saturated heterocycles. The first kappa shape index (κ1) is 21.8. The third kappa shape index (κ3) is 4.04. The Hall–Kier alpha value is -2.88. The predicted molar refractivity (Wildman–Crippen MR) is 112 cm³/mol. The van der Waals surface area contributed by atoms with Gasteiger partial charge in [0.2, 0.25) is 5.91 Å². The summed E-state index contributed by atoms with van der Waals surface area (Å²) in [7, 11) is 0. The first-order chi connectivity index (χ1) is 14.0. The SMILES string of the molecule is CC(C)(C)c1ccc(C2(C)NC(=O)N(CC(=O)NC3(C#N)CCCCC3)C2=O)cc1. The fourth-order valence-electron chi connectivity index (χ4n) is 4.21. The first-order valence-electron chi connectivity index (χ1n) is 10.5. The molecular weight excluding hydrogens is 380 g/mol. The maximum atomic E-state index is 13.1. The largest absolute Gasteiger partial charge is 0.336 e. The summed E-state index contributed by atoms with van der Waals surface area (Å²) >= 11 is 0. The molecule has 1 aliphatic carbocycles. The second kappa shape index (κ2) is 7.75. The highest BCUT2D eigenvalue weighted by Crippen LogP contribution is 2.31. The van der Waals surface area contributed by atoms with E-state index in [-0.39, 0.29) is 5.41 Å². The Balaban J connectivity index is 1.74. The van der Waals surface area contributed by atoms with Crippen LogP contribution in [0.5, 0.6) is 0 Å². The minimum Gasteiger partial charge on any atom is -0.336 e. The predicted octanol–water partition coefficient (Wildman–Crippen LogP) is 3.09. The molecule has 4 amide bonds. The number of hydrogen-bond acceptors (Lipinski definition) is 4. The molecule has 1 atom stereocenters. The lowest BCUT2D eigenvalue weighted by Crippen LogP contribution is -2.52. The van der Waals surface area contributed by atoms with E-state index >= 15 is 0 Å². The summed E-state index contributed by atoms with van der Waals surface area (Å²) in [5.74, 6) is -0.963. The summed E-state index contributed by atoms with van der Waals surface area (Å²) in [4.78, 5) is 39.1. The van der Waals surface area contributed by atoms with Crippen molar-refractivity contribution >= 4 is 17.8 Å². The van der Waals surface area contributed by atoms with Crippen LogP contribution in [0.2, 0.25) is 0 Å². The number of carbonyl (C=O) groups excluding carboxylic acids is 3. The molecule has 0 spiro atoms. The fourth-order valence-corrected chi connectivity index (χ4v) is 4.21. The van der Waals surface area contributed by atoms with Crippen LogP contribution in [-0.2, 0) is 20.5 Å². The first-order valence-corrected chi connectivity index (χ1v) is 10.5. The number of nitriles is 1. The van der Waals surface area contributed by atoms with Gasteiger partial charge < -0.3 is 10.6 Å². The molecule has 1 aromatic rings. The monoisotopic (exact) mass is 410 g/mol. The Morgan fingerprint density at radius 2 is 1.77 bits per heavy atom. The molecule has 2 N–H and O–H groups in total. The number of rotatable bonds is 4. The van der Waals surface area contributed by atoms with E-state index in [4.69, 9.17) is 0 Å². The van der Waals surface area contributed by atoms with Crippen LogP contribution in [0.15, 0.2) is 24.3 Å². The van der Waals surface area contributed by atoms with Gasteiger partial charge in [-0.25, -0.2) is 4.79 Å². The molecule has 3 rings (SSSR count). The summed E-state index contributed by atoms with van der Waals surface area (Å²) in [5, 5.41) is 15.0. The maximum absolute atomic E-state index is 13.1. The lowest BCUT2D eigenvalue weighted by Gasteiger charge is -2.32. The number of nitrogens with one attached hydrogen (secondary N) is 2. The van der Waals surface area contributed by atoms with Crippen LogP contribution in [0.3, 0.4) is 0 Å². The second-order valence-corrected chi connectivity index (χ2v) is 9.58. The van der Waals surface area contributed by atoms with Gasteiger partial charge in [-0.2, -0.15) is 5.26 Å². The van der Waals surface area contributed by atoms with E-state index in [0.717, 1.165) is 29.7 Å². The normalized spacial score (nSPS) is 23.6. The zero-order valence-electron chi connectivity index (χ0n) is 18.2. The average Bonchev–Trinajstić information content (AvgIpc) is 2.92. The number of urea groups is 1. The zero-order valence-corrected chi connectivity index (χ0v) is 18.2. The van der Waals surface area contributed by atoms with Crippen molar-refractivity contribution in [3.05, 3.63) is 35.4 Å². The van der Waals surface area contributed by atoms with Gasteiger partial charge in [-0.3, -0.25) is 14.5 Å². The van der Waals surface area contributed by atoms with Crippen molar-refractivity contribution in [1.29, 1.82) is 5.26 Å². The Kier molecular flexibility index (Phi) is 5.64. The molecule has 160 valence electrons. The lowest BCUT2D eigenvalue weighted by molar-refractivity contribution is -0.135. The molecule has 30 heavy (non-hydrogen) atoms. The molecule has 1 aromatic carbocycles. The Labute approximate surface area is 177 Å². The molecule has 7 nitrogen and oxygen atoms in total. The number of benzene rings is 1. The van der Waals surface area contributed by atoms with Crippen molar-refractivity contribution in [2.75, 3.05) is 6.54 Å². The number of nitrogens with zero attached hydrogens (tertiary/aromatic N) is 2. The fraction of sp³-hybridized carbons (Fsp3) is 0.565. The van der Waals surface area contributed by atoms with Crippen molar-refractivity contribution < 1.29 is 14.4 Å². The zero-order chi connectivity index (χ0) is 22.2. The molecule has 7 heteroatoms. The van der Waals surface area contributed by atoms with Crippen LogP contribution in [-0.4, -0.2) is 34.8 Å². The Morgan fingerprint density at radius 3 is 2.30 bits per heavy atom. The Bertz CT molecular complexity index is 889. The van der Waals surface area contributed by atoms with Crippen molar-refractivity contribution in [3.8, 4) is 6.07 Å². The number of carbonyl (C=O) groups is 3. The standard InChI is InChI=1S/C23H30N4O3/c1-21(2,3)16-8-10-17(11-9-16)22(4)19(29)27(20(30)26-22)14-18(28)25-23(15-24)12-6-5-7-13-23/h8-11H,5-7,12-14H2,1-4H3,(H,25,28)(H,26,30). The van der Waals surface area contributed by atoms with Crippen molar-refractivity contribution in [2.24, 2.45) is 0 Å². The second-order valence-electron chi connectivity index (χ2n) is 9.58. The van der Waals surface area contributed by atoms with Gasteiger partial charge in [0, 0.05) is 0 Å². The molecule has 1 heterocycles. The van der Waals surface area contributed by atoms with E-state index in [1.54, 1.807) is 6.92 Å². The van der Waals surface area contributed by atoms with Gasteiger partial charge in [0.15, 0.2) is 0 Å². The van der Waals surface area contributed by atoms with Crippen molar-refractivity contribution in [2.45, 2.75) is 76.3 Å². The summed E-state index contributed by atoms with van der Waals surface area (Å²) in [6.45, 7) is 7.56. The van der Waals surface area contributed by atoms with E-state index in [1.807, 2.05) is 24.3 Å². The highest BCUT2D eigenvalue weighted by atomic mass is 16.2. The van der Waals surface area contributed by atoms with Crippen LogP contribution in [0.25, 0.3) is 0 Å². The molecule has 0 bridgehead atoms. The molecule has 0 radical (unpaired) electrons. The molecule has 0 aromatic heterocycles. The van der Waals surface area contributed by atoms with E-state index in [0.29, 0.717) is 18.4 Å². The minimum atomic E-state index is -1.23. The molecule has 2 fully saturated rings.